The van der Waals surface area contributed by atoms with Crippen molar-refractivity contribution in [3.8, 4) is 0 Å². The third-order valence-corrected chi connectivity index (χ3v) is 5.49. The molecule has 0 aromatic heterocycles. The lowest BCUT2D eigenvalue weighted by atomic mass is 9.85. The molecule has 0 saturated carbocycles. The minimum atomic E-state index is 0.281. The molecule has 4 rings (SSSR count). The molecule has 0 bridgehead atoms. The summed E-state index contributed by atoms with van der Waals surface area (Å²) in [6, 6.07) is 9.60. The van der Waals surface area contributed by atoms with E-state index < -0.39 is 0 Å². The Labute approximate surface area is 127 Å². The van der Waals surface area contributed by atoms with Crippen LogP contribution >= 0.6 is 0 Å². The number of nitrogens with one attached hydrogen (secondary N) is 1. The second-order valence-electron chi connectivity index (χ2n) is 6.82. The largest absolute Gasteiger partial charge is 0.372 e. The van der Waals surface area contributed by atoms with Crippen LogP contribution < -0.4 is 5.32 Å². The molecule has 0 spiro atoms. The third-order valence-electron chi connectivity index (χ3n) is 5.49. The zero-order chi connectivity index (χ0) is 14.1. The lowest BCUT2D eigenvalue weighted by Gasteiger charge is -2.43. The summed E-state index contributed by atoms with van der Waals surface area (Å²) in [4.78, 5) is 2.64. The van der Waals surface area contributed by atoms with Gasteiger partial charge in [-0.3, -0.25) is 0 Å². The second kappa shape index (κ2) is 6.07. The molecule has 3 atom stereocenters. The van der Waals surface area contributed by atoms with Crippen molar-refractivity contribution in [2.24, 2.45) is 5.92 Å². The summed E-state index contributed by atoms with van der Waals surface area (Å²) in [5.41, 5.74) is 2.91. The fourth-order valence-corrected chi connectivity index (χ4v) is 4.35. The van der Waals surface area contributed by atoms with E-state index in [4.69, 9.17) is 4.74 Å². The van der Waals surface area contributed by atoms with Gasteiger partial charge in [0.1, 0.15) is 0 Å². The van der Waals surface area contributed by atoms with E-state index in [1.165, 1.54) is 50.0 Å². The normalized spacial score (nSPS) is 33.2. The Kier molecular flexibility index (Phi) is 3.97. The first-order valence-corrected chi connectivity index (χ1v) is 8.55. The van der Waals surface area contributed by atoms with Gasteiger partial charge in [-0.2, -0.15) is 0 Å². The highest BCUT2D eigenvalue weighted by Crippen LogP contribution is 2.30. The molecule has 3 heterocycles. The molecule has 0 amide bonds. The van der Waals surface area contributed by atoms with E-state index in [-0.39, 0.29) is 6.10 Å². The zero-order valence-corrected chi connectivity index (χ0v) is 12.8. The van der Waals surface area contributed by atoms with E-state index in [2.05, 4.69) is 34.5 Å². The van der Waals surface area contributed by atoms with Gasteiger partial charge in [0.05, 0.1) is 12.7 Å². The maximum absolute atomic E-state index is 6.09. The van der Waals surface area contributed by atoms with Crippen molar-refractivity contribution in [3.63, 3.8) is 0 Å². The molecule has 21 heavy (non-hydrogen) atoms. The van der Waals surface area contributed by atoms with E-state index in [1.54, 1.807) is 0 Å². The van der Waals surface area contributed by atoms with Gasteiger partial charge in [-0.15, -0.1) is 0 Å². The Morgan fingerprint density at radius 1 is 1.24 bits per heavy atom. The Balaban J connectivity index is 1.43. The van der Waals surface area contributed by atoms with Crippen molar-refractivity contribution >= 4 is 0 Å². The van der Waals surface area contributed by atoms with Gasteiger partial charge in [0.15, 0.2) is 0 Å². The minimum absolute atomic E-state index is 0.281. The van der Waals surface area contributed by atoms with Gasteiger partial charge in [0.25, 0.3) is 0 Å². The molecule has 0 aliphatic carbocycles. The highest BCUT2D eigenvalue weighted by Gasteiger charge is 2.32. The summed E-state index contributed by atoms with van der Waals surface area (Å²) in [7, 11) is 0. The fourth-order valence-electron chi connectivity index (χ4n) is 4.35. The second-order valence-corrected chi connectivity index (χ2v) is 6.82. The van der Waals surface area contributed by atoms with Crippen LogP contribution in [-0.2, 0) is 11.2 Å². The molecule has 3 unspecified atom stereocenters. The number of hydrogen-bond donors (Lipinski definition) is 1. The van der Waals surface area contributed by atoms with Gasteiger partial charge in [-0.05, 0) is 55.8 Å². The predicted molar refractivity (Wildman–Crippen MR) is 84.4 cm³/mol. The summed E-state index contributed by atoms with van der Waals surface area (Å²) in [6.45, 7) is 5.64. The number of rotatable bonds is 2. The number of benzene rings is 1. The van der Waals surface area contributed by atoms with Crippen molar-refractivity contribution in [3.05, 3.63) is 35.4 Å². The lowest BCUT2D eigenvalue weighted by Crippen LogP contribution is -2.52. The zero-order valence-electron chi connectivity index (χ0n) is 12.8. The Hall–Kier alpha value is -0.900. The van der Waals surface area contributed by atoms with E-state index in [1.807, 2.05) is 0 Å². The average Bonchev–Trinajstić information content (AvgIpc) is 2.55. The summed E-state index contributed by atoms with van der Waals surface area (Å²) in [6.07, 6.45) is 5.40. The Morgan fingerprint density at radius 3 is 3.19 bits per heavy atom. The summed E-state index contributed by atoms with van der Waals surface area (Å²) in [5.74, 6) is 0.853. The van der Waals surface area contributed by atoms with Gasteiger partial charge in [-0.1, -0.05) is 24.3 Å². The lowest BCUT2D eigenvalue weighted by molar-refractivity contribution is 0.000160. The first-order valence-electron chi connectivity index (χ1n) is 8.55. The topological polar surface area (TPSA) is 24.5 Å². The van der Waals surface area contributed by atoms with Crippen LogP contribution in [0.3, 0.4) is 0 Å². The smallest absolute Gasteiger partial charge is 0.0954 e. The molecule has 1 aromatic carbocycles. The quantitative estimate of drug-likeness (QED) is 0.903. The molecule has 1 N–H and O–H groups in total. The van der Waals surface area contributed by atoms with Crippen LogP contribution in [0.4, 0.5) is 0 Å². The molecule has 3 nitrogen and oxygen atoms in total. The van der Waals surface area contributed by atoms with Gasteiger partial charge in [0.2, 0.25) is 0 Å². The highest BCUT2D eigenvalue weighted by molar-refractivity contribution is 5.31. The number of ether oxygens (including phenoxy) is 1. The van der Waals surface area contributed by atoms with Gasteiger partial charge >= 0.3 is 0 Å². The van der Waals surface area contributed by atoms with E-state index in [9.17, 15) is 0 Å². The minimum Gasteiger partial charge on any atom is -0.372 e. The summed E-state index contributed by atoms with van der Waals surface area (Å²) >= 11 is 0. The monoisotopic (exact) mass is 286 g/mol. The molecule has 3 aliphatic rings. The average molecular weight is 286 g/mol. The molecule has 114 valence electrons. The van der Waals surface area contributed by atoms with E-state index in [0.717, 1.165) is 31.5 Å². The maximum Gasteiger partial charge on any atom is 0.0954 e. The Bertz CT molecular complexity index is 490. The highest BCUT2D eigenvalue weighted by atomic mass is 16.5. The standard InChI is InChI=1S/C18H26N2O/c1-2-6-16-14(4-1)8-11-21-18(16)13-20-10-7-17-15(12-20)5-3-9-19-17/h1-2,4,6,15,17-19H,3,5,7-13H2. The first kappa shape index (κ1) is 13.7. The number of piperidine rings is 2. The molecule has 2 saturated heterocycles. The summed E-state index contributed by atoms with van der Waals surface area (Å²) in [5, 5.41) is 3.70. The van der Waals surface area contributed by atoms with Crippen molar-refractivity contribution in [2.75, 3.05) is 32.8 Å². The van der Waals surface area contributed by atoms with Crippen LogP contribution in [0.25, 0.3) is 0 Å². The first-order chi connectivity index (χ1) is 10.4. The summed E-state index contributed by atoms with van der Waals surface area (Å²) < 4.78 is 6.09. The molecular weight excluding hydrogens is 260 g/mol. The van der Waals surface area contributed by atoms with Crippen molar-refractivity contribution in [1.29, 1.82) is 0 Å². The predicted octanol–water partition coefficient (Wildman–Crippen LogP) is 2.37. The van der Waals surface area contributed by atoms with Crippen LogP contribution in [0.15, 0.2) is 24.3 Å². The molecule has 2 fully saturated rings. The molecular formula is C18H26N2O. The molecule has 3 heteroatoms. The number of likely N-dealkylation sites (tertiary alicyclic amines) is 1. The SMILES string of the molecule is c1ccc2c(c1)CCOC2CN1CCC2NCCCC2C1. The van der Waals surface area contributed by atoms with Crippen LogP contribution in [0.1, 0.15) is 36.5 Å². The Morgan fingerprint density at radius 2 is 2.19 bits per heavy atom. The van der Waals surface area contributed by atoms with Gasteiger partial charge in [0, 0.05) is 19.1 Å². The van der Waals surface area contributed by atoms with Gasteiger partial charge in [-0.25, -0.2) is 0 Å². The number of fused-ring (bicyclic) bond motifs is 2. The van der Waals surface area contributed by atoms with E-state index in [0.29, 0.717) is 0 Å². The maximum atomic E-state index is 6.09. The van der Waals surface area contributed by atoms with Crippen LogP contribution in [0.2, 0.25) is 0 Å². The van der Waals surface area contributed by atoms with E-state index >= 15 is 0 Å². The van der Waals surface area contributed by atoms with Crippen LogP contribution in [-0.4, -0.2) is 43.7 Å². The van der Waals surface area contributed by atoms with Gasteiger partial charge < -0.3 is 15.0 Å². The van der Waals surface area contributed by atoms with Crippen molar-refractivity contribution < 1.29 is 4.74 Å². The molecule has 0 radical (unpaired) electrons. The fraction of sp³-hybridized carbons (Fsp3) is 0.667. The third kappa shape index (κ3) is 2.87. The van der Waals surface area contributed by atoms with Crippen molar-refractivity contribution in [1.82, 2.24) is 10.2 Å². The number of nitrogens with zero attached hydrogens (tertiary/aromatic N) is 1. The van der Waals surface area contributed by atoms with Crippen LogP contribution in [0, 0.1) is 5.92 Å². The molecule has 1 aromatic rings. The number of hydrogen-bond acceptors (Lipinski definition) is 3. The van der Waals surface area contributed by atoms with Crippen LogP contribution in [0.5, 0.6) is 0 Å². The molecule has 3 aliphatic heterocycles. The van der Waals surface area contributed by atoms with Crippen molar-refractivity contribution in [2.45, 2.75) is 37.8 Å².